The molecule has 27 heavy (non-hydrogen) atoms. The molecule has 3 heterocycles. The van der Waals surface area contributed by atoms with E-state index in [9.17, 15) is 9.90 Å². The highest BCUT2D eigenvalue weighted by atomic mass is 35.5. The second-order valence-electron chi connectivity index (χ2n) is 7.57. The molecule has 2 unspecified atom stereocenters. The number of halogens is 1. The largest absolute Gasteiger partial charge is 0.509 e. The molecule has 4 atom stereocenters. The lowest BCUT2D eigenvalue weighted by Gasteiger charge is -2.31. The van der Waals surface area contributed by atoms with Gasteiger partial charge in [0.2, 0.25) is 0 Å². The SMILES string of the molecule is CCc1ccc(-c2ccc(Cl)s2)cc1C1=C(O)[C@]2(N)C3CCC(O3)[C@@H]2C1=O. The third kappa shape index (κ3) is 2.26. The second kappa shape index (κ2) is 5.92. The van der Waals surface area contributed by atoms with Gasteiger partial charge in [-0.3, -0.25) is 4.79 Å². The number of ketones is 1. The molecule has 5 rings (SSSR count). The topological polar surface area (TPSA) is 72.6 Å². The Balaban J connectivity index is 1.68. The van der Waals surface area contributed by atoms with Crippen LogP contribution >= 0.6 is 22.9 Å². The second-order valence-corrected chi connectivity index (χ2v) is 9.28. The van der Waals surface area contributed by atoms with Gasteiger partial charge < -0.3 is 15.6 Å². The van der Waals surface area contributed by atoms with E-state index in [1.807, 2.05) is 37.3 Å². The minimum atomic E-state index is -1.08. The van der Waals surface area contributed by atoms with Crippen molar-refractivity contribution in [1.82, 2.24) is 0 Å². The predicted octanol–water partition coefficient (Wildman–Crippen LogP) is 4.36. The van der Waals surface area contributed by atoms with Gasteiger partial charge in [-0.05, 0) is 54.2 Å². The summed E-state index contributed by atoms with van der Waals surface area (Å²) in [6, 6.07) is 9.87. The van der Waals surface area contributed by atoms with Crippen LogP contribution in [0.25, 0.3) is 16.0 Å². The van der Waals surface area contributed by atoms with Gasteiger partial charge in [0.25, 0.3) is 0 Å². The summed E-state index contributed by atoms with van der Waals surface area (Å²) in [7, 11) is 0. The number of aliphatic hydroxyl groups excluding tert-OH is 1. The summed E-state index contributed by atoms with van der Waals surface area (Å²) in [6.07, 6.45) is 1.91. The Morgan fingerprint density at radius 1 is 1.33 bits per heavy atom. The van der Waals surface area contributed by atoms with Crippen LogP contribution in [-0.4, -0.2) is 28.6 Å². The Morgan fingerprint density at radius 3 is 2.81 bits per heavy atom. The fraction of sp³-hybridized carbons (Fsp3) is 0.381. The van der Waals surface area contributed by atoms with Crippen molar-refractivity contribution in [3.63, 3.8) is 0 Å². The average Bonchev–Trinajstić information content (AvgIpc) is 3.39. The molecule has 3 aliphatic rings. The van der Waals surface area contributed by atoms with Crippen molar-refractivity contribution < 1.29 is 14.6 Å². The van der Waals surface area contributed by atoms with E-state index in [1.54, 1.807) is 0 Å². The number of benzene rings is 1. The molecule has 1 aliphatic carbocycles. The van der Waals surface area contributed by atoms with E-state index in [0.717, 1.165) is 40.8 Å². The highest BCUT2D eigenvalue weighted by Crippen LogP contribution is 2.55. The van der Waals surface area contributed by atoms with Gasteiger partial charge >= 0.3 is 0 Å². The van der Waals surface area contributed by atoms with Gasteiger partial charge in [0.1, 0.15) is 11.3 Å². The van der Waals surface area contributed by atoms with Crippen molar-refractivity contribution >= 4 is 34.3 Å². The highest BCUT2D eigenvalue weighted by molar-refractivity contribution is 7.19. The summed E-state index contributed by atoms with van der Waals surface area (Å²) in [4.78, 5) is 14.3. The van der Waals surface area contributed by atoms with E-state index in [1.165, 1.54) is 11.3 Å². The normalized spacial score (nSPS) is 31.8. The number of hydrogen-bond donors (Lipinski definition) is 2. The number of aliphatic hydroxyl groups is 1. The maximum Gasteiger partial charge on any atom is 0.175 e. The predicted molar refractivity (Wildman–Crippen MR) is 107 cm³/mol. The number of carbonyl (C=O) groups is 1. The van der Waals surface area contributed by atoms with Crippen LogP contribution < -0.4 is 5.73 Å². The quantitative estimate of drug-likeness (QED) is 0.801. The van der Waals surface area contributed by atoms with Crippen LogP contribution in [0.4, 0.5) is 0 Å². The minimum absolute atomic E-state index is 0.000706. The molecule has 0 saturated carbocycles. The Bertz CT molecular complexity index is 997. The van der Waals surface area contributed by atoms with E-state index >= 15 is 0 Å². The van der Waals surface area contributed by atoms with Gasteiger partial charge in [0.15, 0.2) is 5.78 Å². The number of Topliss-reactive ketones (excluding diaryl/α,β-unsaturated/α-hetero) is 1. The number of thiophene rings is 1. The van der Waals surface area contributed by atoms with Crippen LogP contribution in [0.3, 0.4) is 0 Å². The lowest BCUT2D eigenvalue weighted by molar-refractivity contribution is -0.118. The van der Waals surface area contributed by atoms with Crippen LogP contribution in [0.2, 0.25) is 4.34 Å². The molecule has 140 valence electrons. The first kappa shape index (κ1) is 17.4. The van der Waals surface area contributed by atoms with Crippen LogP contribution in [0.5, 0.6) is 0 Å². The number of nitrogens with two attached hydrogens (primary N) is 1. The molecule has 2 aliphatic heterocycles. The molecular weight excluding hydrogens is 382 g/mol. The molecule has 0 amide bonds. The van der Waals surface area contributed by atoms with Gasteiger partial charge in [-0.15, -0.1) is 11.3 Å². The third-order valence-electron chi connectivity index (χ3n) is 6.27. The molecule has 2 bridgehead atoms. The summed E-state index contributed by atoms with van der Waals surface area (Å²) in [6.45, 7) is 2.05. The number of allylic oxidation sites excluding steroid dienone is 1. The van der Waals surface area contributed by atoms with Crippen molar-refractivity contribution in [2.24, 2.45) is 11.7 Å². The number of carbonyl (C=O) groups excluding carboxylic acids is 1. The first-order chi connectivity index (χ1) is 12.9. The molecule has 6 heteroatoms. The van der Waals surface area contributed by atoms with Gasteiger partial charge in [0.05, 0.1) is 28.0 Å². The first-order valence-corrected chi connectivity index (χ1v) is 10.5. The molecule has 3 N–H and O–H groups in total. The molecule has 2 aromatic rings. The molecule has 0 spiro atoms. The Labute approximate surface area is 166 Å². The Hall–Kier alpha value is -1.66. The van der Waals surface area contributed by atoms with Crippen LogP contribution in [0, 0.1) is 5.92 Å². The smallest absolute Gasteiger partial charge is 0.175 e. The van der Waals surface area contributed by atoms with Gasteiger partial charge in [-0.25, -0.2) is 0 Å². The Morgan fingerprint density at radius 2 is 2.15 bits per heavy atom. The van der Waals surface area contributed by atoms with E-state index in [2.05, 4.69) is 0 Å². The van der Waals surface area contributed by atoms with Crippen molar-refractivity contribution in [3.05, 3.63) is 51.6 Å². The molecule has 2 saturated heterocycles. The fourth-order valence-corrected chi connectivity index (χ4v) is 5.98. The maximum absolute atomic E-state index is 13.3. The standard InChI is InChI=1S/C21H20ClNO3S/c1-2-10-3-4-11(14-6-8-16(22)27-14)9-12(10)17-19(24)18-13-5-7-15(26-13)21(18,23)20(17)25/h3-4,6,8-9,13,15,18,25H,2,5,7,23H2,1H3/t13?,15?,18-,21+/m1/s1. The van der Waals surface area contributed by atoms with Gasteiger partial charge in [0, 0.05) is 4.88 Å². The summed E-state index contributed by atoms with van der Waals surface area (Å²) in [5.41, 5.74) is 8.67. The van der Waals surface area contributed by atoms with E-state index < -0.39 is 11.5 Å². The minimum Gasteiger partial charge on any atom is -0.509 e. The van der Waals surface area contributed by atoms with Crippen molar-refractivity contribution in [2.45, 2.75) is 43.9 Å². The first-order valence-electron chi connectivity index (χ1n) is 9.26. The molecule has 0 radical (unpaired) electrons. The summed E-state index contributed by atoms with van der Waals surface area (Å²) in [5.74, 6) is -0.560. The zero-order valence-electron chi connectivity index (χ0n) is 14.9. The summed E-state index contributed by atoms with van der Waals surface area (Å²) >= 11 is 7.58. The zero-order valence-corrected chi connectivity index (χ0v) is 16.4. The average molecular weight is 402 g/mol. The van der Waals surface area contributed by atoms with Crippen LogP contribution in [-0.2, 0) is 16.0 Å². The third-order valence-corrected chi connectivity index (χ3v) is 7.55. The van der Waals surface area contributed by atoms with Crippen LogP contribution in [0.15, 0.2) is 36.1 Å². The van der Waals surface area contributed by atoms with E-state index in [0.29, 0.717) is 9.91 Å². The van der Waals surface area contributed by atoms with Crippen molar-refractivity contribution in [1.29, 1.82) is 0 Å². The van der Waals surface area contributed by atoms with E-state index in [4.69, 9.17) is 22.1 Å². The number of rotatable bonds is 3. The molecule has 1 aromatic carbocycles. The summed E-state index contributed by atoms with van der Waals surface area (Å²) in [5, 5.41) is 11.1. The molecule has 4 nitrogen and oxygen atoms in total. The highest BCUT2D eigenvalue weighted by Gasteiger charge is 2.67. The number of fused-ring (bicyclic) bond motifs is 5. The molecule has 2 fully saturated rings. The maximum atomic E-state index is 13.3. The van der Waals surface area contributed by atoms with E-state index in [-0.39, 0.29) is 23.8 Å². The number of ether oxygens (including phenoxy) is 1. The molecular formula is C21H20ClNO3S. The number of hydrogen-bond acceptors (Lipinski definition) is 5. The van der Waals surface area contributed by atoms with Crippen molar-refractivity contribution in [3.8, 4) is 10.4 Å². The van der Waals surface area contributed by atoms with Crippen LogP contribution in [0.1, 0.15) is 30.9 Å². The fourth-order valence-electron chi connectivity index (χ4n) is 4.94. The zero-order chi connectivity index (χ0) is 18.9. The lowest BCUT2D eigenvalue weighted by Crippen LogP contribution is -2.55. The van der Waals surface area contributed by atoms with Crippen molar-refractivity contribution in [2.75, 3.05) is 0 Å². The molecule has 1 aromatic heterocycles. The monoisotopic (exact) mass is 401 g/mol. The summed E-state index contributed by atoms with van der Waals surface area (Å²) < 4.78 is 6.58. The number of aryl methyl sites for hydroxylation is 1. The Kier molecular flexibility index (Phi) is 3.82. The lowest BCUT2D eigenvalue weighted by atomic mass is 9.74. The van der Waals surface area contributed by atoms with Gasteiger partial charge in [-0.2, -0.15) is 0 Å². The van der Waals surface area contributed by atoms with Gasteiger partial charge in [-0.1, -0.05) is 30.7 Å².